The lowest BCUT2D eigenvalue weighted by molar-refractivity contribution is -0.142. The van der Waals surface area contributed by atoms with Crippen molar-refractivity contribution in [1.82, 2.24) is 15.1 Å². The van der Waals surface area contributed by atoms with Crippen LogP contribution in [0.1, 0.15) is 25.7 Å². The summed E-state index contributed by atoms with van der Waals surface area (Å²) < 4.78 is 37.8. The van der Waals surface area contributed by atoms with Crippen LogP contribution in [-0.2, 0) is 11.3 Å². The van der Waals surface area contributed by atoms with E-state index in [1.165, 1.54) is 12.4 Å². The second-order valence-electron chi connectivity index (χ2n) is 6.23. The molecule has 1 aromatic rings. The first kappa shape index (κ1) is 18.1. The smallest absolute Gasteiger partial charge is 0.323 e. The number of carbonyl (C=O) groups excluding carboxylic acids is 1. The number of carbonyl (C=O) groups is 1. The molecule has 5 nitrogen and oxygen atoms in total. The molecule has 2 aliphatic rings. The summed E-state index contributed by atoms with van der Waals surface area (Å²) in [6, 6.07) is 0. The van der Waals surface area contributed by atoms with E-state index in [0.29, 0.717) is 18.2 Å². The SMILES string of the molecule is Cl.O=C(Nc1cnn(CC(F)(F)F)c1)[C@@]12CCCC[C@H]1CNC2. The lowest BCUT2D eigenvalue weighted by atomic mass is 9.67. The number of nitrogens with one attached hydrogen (secondary N) is 2. The van der Waals surface area contributed by atoms with Gasteiger partial charge in [0.15, 0.2) is 0 Å². The molecule has 1 aromatic heterocycles. The molecule has 1 saturated carbocycles. The molecule has 9 heteroatoms. The van der Waals surface area contributed by atoms with E-state index in [0.717, 1.165) is 36.9 Å². The molecule has 2 atom stereocenters. The molecule has 0 spiro atoms. The summed E-state index contributed by atoms with van der Waals surface area (Å²) in [6.07, 6.45) is 2.16. The number of halogens is 4. The minimum atomic E-state index is -4.32. The van der Waals surface area contributed by atoms with Crippen molar-refractivity contribution in [2.24, 2.45) is 11.3 Å². The molecule has 0 unspecified atom stereocenters. The Bertz CT molecular complexity index is 562. The normalized spacial score (nSPS) is 27.2. The highest BCUT2D eigenvalue weighted by Gasteiger charge is 2.49. The Kier molecular flexibility index (Phi) is 5.25. The summed E-state index contributed by atoms with van der Waals surface area (Å²) >= 11 is 0. The van der Waals surface area contributed by atoms with Crippen LogP contribution >= 0.6 is 12.4 Å². The maximum absolute atomic E-state index is 12.7. The average Bonchev–Trinajstić information content (AvgIpc) is 3.04. The van der Waals surface area contributed by atoms with Crippen molar-refractivity contribution < 1.29 is 18.0 Å². The van der Waals surface area contributed by atoms with Gasteiger partial charge in [-0.3, -0.25) is 9.48 Å². The van der Waals surface area contributed by atoms with Gasteiger partial charge in [0, 0.05) is 12.7 Å². The van der Waals surface area contributed by atoms with Crippen LogP contribution in [0.5, 0.6) is 0 Å². The summed E-state index contributed by atoms with van der Waals surface area (Å²) in [4.78, 5) is 12.7. The first-order valence-electron chi connectivity index (χ1n) is 7.50. The zero-order valence-corrected chi connectivity index (χ0v) is 13.3. The van der Waals surface area contributed by atoms with Crippen molar-refractivity contribution in [3.63, 3.8) is 0 Å². The molecule has 130 valence electrons. The first-order chi connectivity index (χ1) is 10.4. The van der Waals surface area contributed by atoms with E-state index >= 15 is 0 Å². The van der Waals surface area contributed by atoms with Gasteiger partial charge in [0.2, 0.25) is 5.91 Å². The fraction of sp³-hybridized carbons (Fsp3) is 0.714. The highest BCUT2D eigenvalue weighted by molar-refractivity contribution is 5.96. The van der Waals surface area contributed by atoms with Gasteiger partial charge in [0.1, 0.15) is 6.54 Å². The van der Waals surface area contributed by atoms with Gasteiger partial charge in [0.05, 0.1) is 17.3 Å². The van der Waals surface area contributed by atoms with Crippen LogP contribution in [0.3, 0.4) is 0 Å². The lowest BCUT2D eigenvalue weighted by Crippen LogP contribution is -2.44. The summed E-state index contributed by atoms with van der Waals surface area (Å²) in [6.45, 7) is 0.319. The Balaban J connectivity index is 0.00000192. The van der Waals surface area contributed by atoms with Crippen LogP contribution in [0.15, 0.2) is 12.4 Å². The summed E-state index contributed by atoms with van der Waals surface area (Å²) in [5.74, 6) is 0.209. The molecule has 1 amide bonds. The van der Waals surface area contributed by atoms with Crippen molar-refractivity contribution in [2.75, 3.05) is 18.4 Å². The monoisotopic (exact) mass is 352 g/mol. The van der Waals surface area contributed by atoms with E-state index in [2.05, 4.69) is 15.7 Å². The average molecular weight is 353 g/mol. The molecule has 1 aliphatic heterocycles. The molecule has 1 aliphatic carbocycles. The third-order valence-electron chi connectivity index (χ3n) is 4.72. The molecule has 2 fully saturated rings. The van der Waals surface area contributed by atoms with Gasteiger partial charge >= 0.3 is 6.18 Å². The third kappa shape index (κ3) is 3.80. The second kappa shape index (κ2) is 6.68. The minimum absolute atomic E-state index is 0. The molecule has 23 heavy (non-hydrogen) atoms. The quantitative estimate of drug-likeness (QED) is 0.879. The Morgan fingerprint density at radius 2 is 2.26 bits per heavy atom. The van der Waals surface area contributed by atoms with Crippen LogP contribution in [0.25, 0.3) is 0 Å². The second-order valence-corrected chi connectivity index (χ2v) is 6.23. The molecule has 1 saturated heterocycles. The molecule has 2 heterocycles. The van der Waals surface area contributed by atoms with Gasteiger partial charge in [-0.15, -0.1) is 12.4 Å². The fourth-order valence-corrected chi connectivity index (χ4v) is 3.64. The largest absolute Gasteiger partial charge is 0.408 e. The lowest BCUT2D eigenvalue weighted by Gasteiger charge is -2.36. The van der Waals surface area contributed by atoms with Gasteiger partial charge in [-0.25, -0.2) is 0 Å². The van der Waals surface area contributed by atoms with Crippen molar-refractivity contribution in [3.05, 3.63) is 12.4 Å². The van der Waals surface area contributed by atoms with Crippen molar-refractivity contribution in [2.45, 2.75) is 38.4 Å². The van der Waals surface area contributed by atoms with E-state index in [-0.39, 0.29) is 18.3 Å². The zero-order valence-electron chi connectivity index (χ0n) is 12.5. The molecule has 0 radical (unpaired) electrons. The van der Waals surface area contributed by atoms with Gasteiger partial charge in [-0.1, -0.05) is 12.8 Å². The van der Waals surface area contributed by atoms with E-state index in [9.17, 15) is 18.0 Å². The van der Waals surface area contributed by atoms with Gasteiger partial charge < -0.3 is 10.6 Å². The molecule has 2 N–H and O–H groups in total. The Hall–Kier alpha value is -1.28. The van der Waals surface area contributed by atoms with E-state index in [1.54, 1.807) is 0 Å². The highest BCUT2D eigenvalue weighted by atomic mass is 35.5. The number of nitrogens with zero attached hydrogens (tertiary/aromatic N) is 2. The number of hydrogen-bond acceptors (Lipinski definition) is 3. The van der Waals surface area contributed by atoms with E-state index in [1.807, 2.05) is 0 Å². The molecule has 3 rings (SSSR count). The van der Waals surface area contributed by atoms with Crippen LogP contribution < -0.4 is 10.6 Å². The maximum atomic E-state index is 12.7. The number of anilines is 1. The first-order valence-corrected chi connectivity index (χ1v) is 7.50. The van der Waals surface area contributed by atoms with Crippen LogP contribution in [0.2, 0.25) is 0 Å². The van der Waals surface area contributed by atoms with Crippen LogP contribution in [-0.4, -0.2) is 35.0 Å². The minimum Gasteiger partial charge on any atom is -0.323 e. The predicted octanol–water partition coefficient (Wildman–Crippen LogP) is 2.59. The topological polar surface area (TPSA) is 59.0 Å². The zero-order chi connectivity index (χ0) is 15.8. The van der Waals surface area contributed by atoms with E-state index < -0.39 is 18.1 Å². The number of aromatic nitrogens is 2. The Labute approximate surface area is 138 Å². The van der Waals surface area contributed by atoms with Gasteiger partial charge in [0.25, 0.3) is 0 Å². The number of fused-ring (bicyclic) bond motifs is 1. The molecule has 0 bridgehead atoms. The highest BCUT2D eigenvalue weighted by Crippen LogP contribution is 2.44. The van der Waals surface area contributed by atoms with Crippen LogP contribution in [0.4, 0.5) is 18.9 Å². The fourth-order valence-electron chi connectivity index (χ4n) is 3.64. The Morgan fingerprint density at radius 1 is 1.48 bits per heavy atom. The third-order valence-corrected chi connectivity index (χ3v) is 4.72. The number of alkyl halides is 3. The molecule has 0 aromatic carbocycles. The van der Waals surface area contributed by atoms with Gasteiger partial charge in [-0.2, -0.15) is 18.3 Å². The Morgan fingerprint density at radius 3 is 3.00 bits per heavy atom. The van der Waals surface area contributed by atoms with Gasteiger partial charge in [-0.05, 0) is 25.3 Å². The van der Waals surface area contributed by atoms with Crippen molar-refractivity contribution in [1.29, 1.82) is 0 Å². The molecular formula is C14H20ClF3N4O. The summed E-state index contributed by atoms with van der Waals surface area (Å²) in [5.41, 5.74) is -0.107. The summed E-state index contributed by atoms with van der Waals surface area (Å²) in [5, 5.41) is 9.68. The predicted molar refractivity (Wildman–Crippen MR) is 81.4 cm³/mol. The van der Waals surface area contributed by atoms with E-state index in [4.69, 9.17) is 0 Å². The summed E-state index contributed by atoms with van der Waals surface area (Å²) in [7, 11) is 0. The number of rotatable bonds is 3. The maximum Gasteiger partial charge on any atom is 0.408 e. The number of hydrogen-bond donors (Lipinski definition) is 2. The standard InChI is InChI=1S/C14H19F3N4O.ClH/c15-14(16,17)9-21-7-11(6-19-21)20-12(22)13-4-2-1-3-10(13)5-18-8-13;/h6-7,10,18H,1-5,8-9H2,(H,20,22);1H/t10-,13+;/m0./s1. The number of amides is 1. The molecular weight excluding hydrogens is 333 g/mol. The van der Waals surface area contributed by atoms with Crippen molar-refractivity contribution in [3.8, 4) is 0 Å². The van der Waals surface area contributed by atoms with Crippen LogP contribution in [0, 0.1) is 11.3 Å². The van der Waals surface area contributed by atoms with Crippen molar-refractivity contribution >= 4 is 24.0 Å².